The fraction of sp³-hybridized carbons (Fsp3) is 0.346. The molecule has 5 nitrogen and oxygen atoms in total. The van der Waals surface area contributed by atoms with Gasteiger partial charge >= 0.3 is 0 Å². The van der Waals surface area contributed by atoms with Gasteiger partial charge in [-0.25, -0.2) is 4.68 Å². The standard InChI is InChI=1S/C26H28N4O/c1-3-24-23-13-10-20(16-26(23)30(28-24)21-6-4-5-7-21)25-14-15-27-29(25)22-11-8-19(9-12-22)18(2)17-31/h8-18,21H,3-7H2,1-2H3. The summed E-state index contributed by atoms with van der Waals surface area (Å²) in [5.74, 6) is -0.0998. The minimum atomic E-state index is -0.0998. The lowest BCUT2D eigenvalue weighted by molar-refractivity contribution is -0.108. The number of carbonyl (C=O) groups excluding carboxylic acids is 1. The van der Waals surface area contributed by atoms with Crippen LogP contribution in [-0.2, 0) is 11.2 Å². The lowest BCUT2D eigenvalue weighted by Crippen LogP contribution is -2.06. The number of carbonyl (C=O) groups is 1. The van der Waals surface area contributed by atoms with Crippen LogP contribution >= 0.6 is 0 Å². The van der Waals surface area contributed by atoms with Crippen molar-refractivity contribution < 1.29 is 4.79 Å². The first-order chi connectivity index (χ1) is 15.2. The van der Waals surface area contributed by atoms with E-state index in [2.05, 4.69) is 41.0 Å². The number of fused-ring (bicyclic) bond motifs is 1. The van der Waals surface area contributed by atoms with E-state index in [1.54, 1.807) is 0 Å². The number of benzene rings is 2. The lowest BCUT2D eigenvalue weighted by Gasteiger charge is -2.13. The van der Waals surface area contributed by atoms with Crippen molar-refractivity contribution in [1.29, 1.82) is 0 Å². The van der Waals surface area contributed by atoms with Gasteiger partial charge in [0.05, 0.1) is 34.8 Å². The van der Waals surface area contributed by atoms with Crippen LogP contribution in [0.1, 0.15) is 62.7 Å². The molecule has 5 heteroatoms. The van der Waals surface area contributed by atoms with Gasteiger partial charge in [0.15, 0.2) is 0 Å². The van der Waals surface area contributed by atoms with E-state index in [1.807, 2.05) is 42.1 Å². The van der Waals surface area contributed by atoms with E-state index in [1.165, 1.54) is 42.3 Å². The normalized spacial score (nSPS) is 15.5. The van der Waals surface area contributed by atoms with E-state index in [4.69, 9.17) is 5.10 Å². The predicted octanol–water partition coefficient (Wildman–Crippen LogP) is 5.87. The van der Waals surface area contributed by atoms with Crippen LogP contribution in [0.15, 0.2) is 54.7 Å². The molecule has 0 spiro atoms. The summed E-state index contributed by atoms with van der Waals surface area (Å²) in [7, 11) is 0. The van der Waals surface area contributed by atoms with Crippen molar-refractivity contribution in [2.24, 2.45) is 0 Å². The molecule has 0 radical (unpaired) electrons. The number of hydrogen-bond donors (Lipinski definition) is 0. The second kappa shape index (κ2) is 8.14. The minimum absolute atomic E-state index is 0.0998. The Kier molecular flexibility index (Phi) is 5.18. The molecule has 0 saturated heterocycles. The van der Waals surface area contributed by atoms with Crippen LogP contribution in [0.4, 0.5) is 0 Å². The summed E-state index contributed by atoms with van der Waals surface area (Å²) >= 11 is 0. The molecule has 1 unspecified atom stereocenters. The van der Waals surface area contributed by atoms with Crippen LogP contribution in [-0.4, -0.2) is 25.8 Å². The highest BCUT2D eigenvalue weighted by molar-refractivity contribution is 5.86. The maximum atomic E-state index is 11.1. The summed E-state index contributed by atoms with van der Waals surface area (Å²) in [5, 5.41) is 10.8. The molecule has 0 amide bonds. The number of hydrogen-bond acceptors (Lipinski definition) is 3. The van der Waals surface area contributed by atoms with Crippen LogP contribution in [0.5, 0.6) is 0 Å². The van der Waals surface area contributed by atoms with E-state index in [0.717, 1.165) is 35.2 Å². The minimum Gasteiger partial charge on any atom is -0.303 e. The Balaban J connectivity index is 1.57. The van der Waals surface area contributed by atoms with Gasteiger partial charge in [-0.3, -0.25) is 4.68 Å². The summed E-state index contributed by atoms with van der Waals surface area (Å²) in [5.41, 5.74) is 6.60. The zero-order valence-electron chi connectivity index (χ0n) is 18.2. The molecule has 158 valence electrons. The summed E-state index contributed by atoms with van der Waals surface area (Å²) in [4.78, 5) is 11.1. The Morgan fingerprint density at radius 3 is 2.58 bits per heavy atom. The molecule has 31 heavy (non-hydrogen) atoms. The molecule has 1 aliphatic carbocycles. The molecule has 1 fully saturated rings. The summed E-state index contributed by atoms with van der Waals surface area (Å²) in [6.07, 6.45) is 8.77. The zero-order chi connectivity index (χ0) is 21.4. The largest absolute Gasteiger partial charge is 0.303 e. The van der Waals surface area contributed by atoms with Gasteiger partial charge in [-0.05, 0) is 49.1 Å². The first kappa shape index (κ1) is 19.7. The van der Waals surface area contributed by atoms with Crippen molar-refractivity contribution in [2.75, 3.05) is 0 Å². The van der Waals surface area contributed by atoms with Crippen molar-refractivity contribution in [3.63, 3.8) is 0 Å². The van der Waals surface area contributed by atoms with Gasteiger partial charge in [0.1, 0.15) is 6.29 Å². The van der Waals surface area contributed by atoms with Gasteiger partial charge in [-0.1, -0.05) is 51.0 Å². The molecule has 5 rings (SSSR count). The molecule has 0 aliphatic heterocycles. The van der Waals surface area contributed by atoms with Gasteiger partial charge in [-0.15, -0.1) is 0 Å². The van der Waals surface area contributed by atoms with Crippen LogP contribution in [0.25, 0.3) is 27.8 Å². The van der Waals surface area contributed by atoms with Crippen LogP contribution in [0.2, 0.25) is 0 Å². The van der Waals surface area contributed by atoms with E-state index in [9.17, 15) is 4.79 Å². The Labute approximate surface area is 182 Å². The average molecular weight is 413 g/mol. The monoisotopic (exact) mass is 412 g/mol. The smallest absolute Gasteiger partial charge is 0.127 e. The molecule has 1 atom stereocenters. The van der Waals surface area contributed by atoms with Crippen molar-refractivity contribution in [1.82, 2.24) is 19.6 Å². The fourth-order valence-corrected chi connectivity index (χ4v) is 4.78. The number of nitrogens with zero attached hydrogens (tertiary/aromatic N) is 4. The van der Waals surface area contributed by atoms with E-state index >= 15 is 0 Å². The number of rotatable bonds is 6. The molecular weight excluding hydrogens is 384 g/mol. The average Bonchev–Trinajstić information content (AvgIpc) is 3.57. The molecule has 1 saturated carbocycles. The third kappa shape index (κ3) is 3.48. The molecule has 2 heterocycles. The van der Waals surface area contributed by atoms with Crippen molar-refractivity contribution in [3.8, 4) is 16.9 Å². The molecule has 1 aliphatic rings. The highest BCUT2D eigenvalue weighted by Gasteiger charge is 2.22. The SMILES string of the molecule is CCc1nn(C2CCCC2)c2cc(-c3ccnn3-c3ccc(C(C)C=O)cc3)ccc12. The molecule has 2 aromatic carbocycles. The van der Waals surface area contributed by atoms with E-state index in [0.29, 0.717) is 6.04 Å². The Morgan fingerprint density at radius 2 is 1.87 bits per heavy atom. The van der Waals surface area contributed by atoms with Crippen molar-refractivity contribution in [3.05, 3.63) is 66.0 Å². The molecular formula is C26H28N4O. The molecule has 4 aromatic rings. The molecule has 2 aromatic heterocycles. The van der Waals surface area contributed by atoms with E-state index < -0.39 is 0 Å². The van der Waals surface area contributed by atoms with Crippen LogP contribution < -0.4 is 0 Å². The third-order valence-corrected chi connectivity index (χ3v) is 6.60. The zero-order valence-corrected chi connectivity index (χ0v) is 18.2. The highest BCUT2D eigenvalue weighted by atomic mass is 16.1. The summed E-state index contributed by atoms with van der Waals surface area (Å²) < 4.78 is 4.24. The van der Waals surface area contributed by atoms with Crippen LogP contribution in [0.3, 0.4) is 0 Å². The second-order valence-electron chi connectivity index (χ2n) is 8.56. The first-order valence-corrected chi connectivity index (χ1v) is 11.3. The number of aldehydes is 1. The van der Waals surface area contributed by atoms with Gasteiger partial charge in [-0.2, -0.15) is 10.2 Å². The Bertz CT molecular complexity index is 1210. The molecule has 0 N–H and O–H groups in total. The highest BCUT2D eigenvalue weighted by Crippen LogP contribution is 2.35. The maximum Gasteiger partial charge on any atom is 0.127 e. The van der Waals surface area contributed by atoms with Crippen molar-refractivity contribution in [2.45, 2.75) is 57.9 Å². The maximum absolute atomic E-state index is 11.1. The van der Waals surface area contributed by atoms with Gasteiger partial charge in [0.25, 0.3) is 0 Å². The quantitative estimate of drug-likeness (QED) is 0.372. The Hall–Kier alpha value is -3.21. The summed E-state index contributed by atoms with van der Waals surface area (Å²) in [6.45, 7) is 4.09. The van der Waals surface area contributed by atoms with E-state index in [-0.39, 0.29) is 5.92 Å². The number of aromatic nitrogens is 4. The van der Waals surface area contributed by atoms with Gasteiger partial charge in [0, 0.05) is 16.9 Å². The summed E-state index contributed by atoms with van der Waals surface area (Å²) in [6, 6.07) is 17.3. The topological polar surface area (TPSA) is 52.7 Å². The number of aryl methyl sites for hydroxylation is 1. The van der Waals surface area contributed by atoms with Gasteiger partial charge in [0.2, 0.25) is 0 Å². The fourth-order valence-electron chi connectivity index (χ4n) is 4.78. The third-order valence-electron chi connectivity index (χ3n) is 6.60. The Morgan fingerprint density at radius 1 is 1.10 bits per heavy atom. The lowest BCUT2D eigenvalue weighted by atomic mass is 10.0. The van der Waals surface area contributed by atoms with Crippen LogP contribution in [0, 0.1) is 0 Å². The molecule has 0 bridgehead atoms. The first-order valence-electron chi connectivity index (χ1n) is 11.3. The second-order valence-corrected chi connectivity index (χ2v) is 8.56. The van der Waals surface area contributed by atoms with Crippen molar-refractivity contribution >= 4 is 17.2 Å². The predicted molar refractivity (Wildman–Crippen MR) is 124 cm³/mol. The van der Waals surface area contributed by atoms with Gasteiger partial charge < -0.3 is 4.79 Å².